The van der Waals surface area contributed by atoms with Crippen LogP contribution in [-0.4, -0.2) is 69.6 Å². The SMILES string of the molecule is CCC(=O)C1OC(=O)[C@H](NC(C)=O)[C@](OC(C)=O)(C(C)=O)[C@H](O)[C@@H]1O. The molecule has 1 unspecified atom stereocenters. The smallest absolute Gasteiger partial charge is 0.334 e. The third-order valence-corrected chi connectivity index (χ3v) is 3.86. The number of ketones is 2. The van der Waals surface area contributed by atoms with Crippen LogP contribution >= 0.6 is 0 Å². The molecule has 1 saturated heterocycles. The van der Waals surface area contributed by atoms with Gasteiger partial charge in [-0.2, -0.15) is 0 Å². The van der Waals surface area contributed by atoms with Crippen molar-refractivity contribution in [2.75, 3.05) is 0 Å². The van der Waals surface area contributed by atoms with E-state index in [1.807, 2.05) is 0 Å². The van der Waals surface area contributed by atoms with Crippen LogP contribution in [0.3, 0.4) is 0 Å². The lowest BCUT2D eigenvalue weighted by molar-refractivity contribution is -0.192. The van der Waals surface area contributed by atoms with Crippen molar-refractivity contribution in [3.63, 3.8) is 0 Å². The average Bonchev–Trinajstić information content (AvgIpc) is 2.58. The number of hydrogen-bond acceptors (Lipinski definition) is 9. The van der Waals surface area contributed by atoms with Gasteiger partial charge in [0.2, 0.25) is 11.5 Å². The summed E-state index contributed by atoms with van der Waals surface area (Å²) in [6, 6.07) is -1.94. The molecule has 3 N–H and O–H groups in total. The van der Waals surface area contributed by atoms with Gasteiger partial charge in [0.05, 0.1) is 0 Å². The minimum Gasteiger partial charge on any atom is -0.450 e. The van der Waals surface area contributed by atoms with Crippen LogP contribution in [-0.2, 0) is 33.4 Å². The second kappa shape index (κ2) is 7.70. The summed E-state index contributed by atoms with van der Waals surface area (Å²) in [6.07, 6.45) is -6.15. The van der Waals surface area contributed by atoms with E-state index in [0.29, 0.717) is 0 Å². The van der Waals surface area contributed by atoms with Crippen molar-refractivity contribution in [1.29, 1.82) is 0 Å². The molecule has 0 spiro atoms. The number of nitrogens with one attached hydrogen (secondary N) is 1. The Morgan fingerprint density at radius 3 is 2.16 bits per heavy atom. The molecule has 1 fully saturated rings. The van der Waals surface area contributed by atoms with E-state index in [1.54, 1.807) is 0 Å². The maximum atomic E-state index is 12.4. The maximum absolute atomic E-state index is 12.4. The molecule has 1 aliphatic heterocycles. The molecular formula is C15H21NO9. The standard InChI is InChI=1S/C15H21NO9/c1-5-9(20)11-10(21)13(22)15(6(2)17,25-8(4)19)12(14(23)24-11)16-7(3)18/h10-13,21-22H,5H2,1-4H3,(H,16,18)/t10-,11?,12+,13-,15-/m1/s1. The van der Waals surface area contributed by atoms with Gasteiger partial charge in [0.25, 0.3) is 0 Å². The third kappa shape index (κ3) is 3.85. The highest BCUT2D eigenvalue weighted by atomic mass is 16.6. The fourth-order valence-corrected chi connectivity index (χ4v) is 2.70. The van der Waals surface area contributed by atoms with Gasteiger partial charge in [-0.1, -0.05) is 6.92 Å². The largest absolute Gasteiger partial charge is 0.450 e. The number of Topliss-reactive ketones (excluding diaryl/α,β-unsaturated/α-hetero) is 2. The molecule has 1 rings (SSSR count). The number of carbonyl (C=O) groups excluding carboxylic acids is 5. The Hall–Kier alpha value is -2.33. The zero-order valence-electron chi connectivity index (χ0n) is 14.3. The summed E-state index contributed by atoms with van der Waals surface area (Å²) < 4.78 is 9.81. The van der Waals surface area contributed by atoms with Gasteiger partial charge in [-0.3, -0.25) is 19.2 Å². The number of carbonyl (C=O) groups is 5. The minimum absolute atomic E-state index is 0.132. The topological polar surface area (TPSA) is 156 Å². The van der Waals surface area contributed by atoms with Crippen LogP contribution in [0.25, 0.3) is 0 Å². The van der Waals surface area contributed by atoms with Gasteiger partial charge in [0.15, 0.2) is 23.7 Å². The van der Waals surface area contributed by atoms with Crippen molar-refractivity contribution >= 4 is 29.4 Å². The molecule has 10 heteroatoms. The Kier molecular flexibility index (Phi) is 6.38. The number of amides is 1. The third-order valence-electron chi connectivity index (χ3n) is 3.86. The second-order valence-corrected chi connectivity index (χ2v) is 5.69. The Bertz CT molecular complexity index is 602. The number of aliphatic hydroxyl groups excluding tert-OH is 2. The zero-order chi connectivity index (χ0) is 19.5. The highest BCUT2D eigenvalue weighted by Crippen LogP contribution is 2.32. The van der Waals surface area contributed by atoms with Gasteiger partial charge in [0.1, 0.15) is 12.2 Å². The summed E-state index contributed by atoms with van der Waals surface area (Å²) in [4.78, 5) is 59.5. The van der Waals surface area contributed by atoms with Crippen LogP contribution < -0.4 is 5.32 Å². The van der Waals surface area contributed by atoms with Crippen molar-refractivity contribution in [3.05, 3.63) is 0 Å². The van der Waals surface area contributed by atoms with Crippen LogP contribution in [0, 0.1) is 0 Å². The fraction of sp³-hybridized carbons (Fsp3) is 0.667. The van der Waals surface area contributed by atoms with E-state index >= 15 is 0 Å². The highest BCUT2D eigenvalue weighted by molar-refractivity contribution is 5.99. The van der Waals surface area contributed by atoms with Crippen molar-refractivity contribution < 1.29 is 43.7 Å². The summed E-state index contributed by atoms with van der Waals surface area (Å²) in [5, 5.41) is 22.9. The van der Waals surface area contributed by atoms with Crippen LogP contribution in [0.1, 0.15) is 34.1 Å². The predicted octanol–water partition coefficient (Wildman–Crippen LogP) is -1.99. The van der Waals surface area contributed by atoms with Gasteiger partial charge in [0, 0.05) is 20.3 Å². The van der Waals surface area contributed by atoms with E-state index in [4.69, 9.17) is 9.47 Å². The van der Waals surface area contributed by atoms with Crippen LogP contribution in [0.5, 0.6) is 0 Å². The van der Waals surface area contributed by atoms with Crippen molar-refractivity contribution in [2.24, 2.45) is 0 Å². The fourth-order valence-electron chi connectivity index (χ4n) is 2.70. The Balaban J connectivity index is 3.61. The van der Waals surface area contributed by atoms with Gasteiger partial charge in [-0.05, 0) is 6.92 Å². The number of cyclic esters (lactones) is 1. The molecule has 0 radical (unpaired) electrons. The van der Waals surface area contributed by atoms with Crippen LogP contribution in [0.15, 0.2) is 0 Å². The maximum Gasteiger partial charge on any atom is 0.334 e. The lowest BCUT2D eigenvalue weighted by Gasteiger charge is -2.38. The van der Waals surface area contributed by atoms with E-state index in [2.05, 4.69) is 5.32 Å². The highest BCUT2D eigenvalue weighted by Gasteiger charge is 2.63. The lowest BCUT2D eigenvalue weighted by atomic mass is 9.80. The first kappa shape index (κ1) is 20.7. The lowest BCUT2D eigenvalue weighted by Crippen LogP contribution is -2.69. The summed E-state index contributed by atoms with van der Waals surface area (Å²) in [5.74, 6) is -4.88. The molecule has 0 saturated carbocycles. The van der Waals surface area contributed by atoms with E-state index in [-0.39, 0.29) is 6.42 Å². The zero-order valence-corrected chi connectivity index (χ0v) is 14.3. The van der Waals surface area contributed by atoms with E-state index < -0.39 is 59.4 Å². The molecule has 0 bridgehead atoms. The number of aliphatic hydroxyl groups is 2. The van der Waals surface area contributed by atoms with Crippen molar-refractivity contribution in [3.8, 4) is 0 Å². The van der Waals surface area contributed by atoms with Crippen molar-refractivity contribution in [1.82, 2.24) is 5.32 Å². The van der Waals surface area contributed by atoms with Crippen LogP contribution in [0.2, 0.25) is 0 Å². The Morgan fingerprint density at radius 2 is 1.76 bits per heavy atom. The molecule has 0 aromatic heterocycles. The van der Waals surface area contributed by atoms with Crippen molar-refractivity contribution in [2.45, 2.75) is 64.1 Å². The first-order chi connectivity index (χ1) is 11.5. The molecule has 0 aromatic carbocycles. The molecule has 1 amide bonds. The monoisotopic (exact) mass is 359 g/mol. The average molecular weight is 359 g/mol. The molecule has 10 nitrogen and oxygen atoms in total. The van der Waals surface area contributed by atoms with E-state index in [1.165, 1.54) is 6.92 Å². The van der Waals surface area contributed by atoms with Gasteiger partial charge < -0.3 is 25.0 Å². The minimum atomic E-state index is -2.64. The normalized spacial score (nSPS) is 32.2. The van der Waals surface area contributed by atoms with E-state index in [9.17, 15) is 34.2 Å². The van der Waals surface area contributed by atoms with Gasteiger partial charge in [-0.25, -0.2) is 4.79 Å². The second-order valence-electron chi connectivity index (χ2n) is 5.69. The number of rotatable bonds is 5. The summed E-state index contributed by atoms with van der Waals surface area (Å²) in [6.45, 7) is 4.28. The van der Waals surface area contributed by atoms with Crippen LogP contribution in [0.4, 0.5) is 0 Å². The van der Waals surface area contributed by atoms with Gasteiger partial charge in [-0.15, -0.1) is 0 Å². The molecule has 0 aliphatic carbocycles. The Labute approximate surface area is 143 Å². The number of hydrogen-bond donors (Lipinski definition) is 3. The molecule has 1 aliphatic rings. The molecule has 0 aromatic rings. The molecule has 140 valence electrons. The quantitative estimate of drug-likeness (QED) is 0.473. The summed E-state index contributed by atoms with van der Waals surface area (Å²) in [7, 11) is 0. The Morgan fingerprint density at radius 1 is 1.20 bits per heavy atom. The molecule has 5 atom stereocenters. The first-order valence-corrected chi connectivity index (χ1v) is 7.56. The number of esters is 2. The summed E-state index contributed by atoms with van der Waals surface area (Å²) >= 11 is 0. The molecule has 1 heterocycles. The van der Waals surface area contributed by atoms with Gasteiger partial charge >= 0.3 is 11.9 Å². The van der Waals surface area contributed by atoms with E-state index in [0.717, 1.165) is 20.8 Å². The molecular weight excluding hydrogens is 338 g/mol. The number of ether oxygens (including phenoxy) is 2. The first-order valence-electron chi connectivity index (χ1n) is 7.56. The molecule has 25 heavy (non-hydrogen) atoms. The predicted molar refractivity (Wildman–Crippen MR) is 80.0 cm³/mol. The summed E-state index contributed by atoms with van der Waals surface area (Å²) in [5.41, 5.74) is -2.64.